The molecule has 0 spiro atoms. The molecule has 0 aromatic rings. The van der Waals surface area contributed by atoms with Crippen LogP contribution in [0.1, 0.15) is 65.7 Å². The third-order valence-electron chi connectivity index (χ3n) is 4.35. The van der Waals surface area contributed by atoms with Gasteiger partial charge >= 0.3 is 0 Å². The van der Waals surface area contributed by atoms with Crippen LogP contribution in [0.15, 0.2) is 0 Å². The number of rotatable bonds is 13. The second kappa shape index (κ2) is 12.0. The molecule has 1 atom stereocenters. The topological polar surface area (TPSA) is 20.2 Å². The molecule has 0 fully saturated rings. The molecule has 0 aliphatic heterocycles. The molecule has 0 aliphatic carbocycles. The van der Waals surface area contributed by atoms with Gasteiger partial charge in [-0.1, -0.05) is 39.0 Å². The molecule has 0 saturated carbocycles. The molecule has 0 saturated heterocycles. The molecular formula is C16H35ClNO+. The Hall–Kier alpha value is 0.210. The Labute approximate surface area is 125 Å². The second-order valence-electron chi connectivity index (χ2n) is 5.81. The van der Waals surface area contributed by atoms with E-state index in [1.807, 2.05) is 0 Å². The average Bonchev–Trinajstić information content (AvgIpc) is 2.44. The Bertz CT molecular complexity index is 195. The lowest BCUT2D eigenvalue weighted by molar-refractivity contribution is -0.927. The number of nitrogens with zero attached hydrogens (tertiary/aromatic N) is 1. The van der Waals surface area contributed by atoms with Gasteiger partial charge in [-0.15, -0.1) is 11.6 Å². The summed E-state index contributed by atoms with van der Waals surface area (Å²) >= 11 is 5.74. The molecule has 0 aliphatic rings. The summed E-state index contributed by atoms with van der Waals surface area (Å²) in [6.45, 7) is 10.9. The van der Waals surface area contributed by atoms with Crippen molar-refractivity contribution in [3.63, 3.8) is 0 Å². The fraction of sp³-hybridized carbons (Fsp3) is 1.00. The first kappa shape index (κ1) is 19.2. The zero-order valence-corrected chi connectivity index (χ0v) is 14.1. The molecule has 0 aromatic carbocycles. The summed E-state index contributed by atoms with van der Waals surface area (Å²) in [6, 6.07) is 0. The van der Waals surface area contributed by atoms with Gasteiger partial charge in [0.05, 0.1) is 25.5 Å². The van der Waals surface area contributed by atoms with E-state index in [9.17, 15) is 5.11 Å². The number of quaternary nitrogens is 1. The van der Waals surface area contributed by atoms with Crippen LogP contribution in [0.5, 0.6) is 0 Å². The van der Waals surface area contributed by atoms with Gasteiger partial charge in [0, 0.05) is 0 Å². The molecule has 1 N–H and O–H groups in total. The van der Waals surface area contributed by atoms with E-state index in [-0.39, 0.29) is 6.10 Å². The first-order chi connectivity index (χ1) is 9.14. The molecule has 0 aromatic heterocycles. The minimum atomic E-state index is -0.355. The Kier molecular flexibility index (Phi) is 12.1. The van der Waals surface area contributed by atoms with Crippen LogP contribution in [0.25, 0.3) is 0 Å². The number of aliphatic hydroxyl groups excluding tert-OH is 1. The molecule has 1 unspecified atom stereocenters. The summed E-state index contributed by atoms with van der Waals surface area (Å²) in [5.74, 6) is 0.358. The van der Waals surface area contributed by atoms with Crippen LogP contribution < -0.4 is 0 Å². The van der Waals surface area contributed by atoms with Crippen LogP contribution in [-0.2, 0) is 0 Å². The number of likely N-dealkylation sites (N-methyl/N-ethyl adjacent to an activating group) is 1. The Morgan fingerprint density at radius 3 is 1.89 bits per heavy atom. The van der Waals surface area contributed by atoms with E-state index in [2.05, 4.69) is 20.8 Å². The fourth-order valence-corrected chi connectivity index (χ4v) is 2.89. The maximum Gasteiger partial charge on any atom is 0.116 e. The molecule has 0 bridgehead atoms. The molecular weight excluding hydrogens is 258 g/mol. The van der Waals surface area contributed by atoms with Gasteiger partial charge in [-0.25, -0.2) is 0 Å². The quantitative estimate of drug-likeness (QED) is 0.306. The first-order valence-corrected chi connectivity index (χ1v) is 8.76. The van der Waals surface area contributed by atoms with Crippen molar-refractivity contribution >= 4 is 11.6 Å². The minimum absolute atomic E-state index is 0.355. The smallest absolute Gasteiger partial charge is 0.116 e. The number of hydrogen-bond acceptors (Lipinski definition) is 1. The lowest BCUT2D eigenvalue weighted by atomic mass is 10.1. The van der Waals surface area contributed by atoms with Crippen LogP contribution in [0.4, 0.5) is 0 Å². The monoisotopic (exact) mass is 292 g/mol. The molecule has 116 valence electrons. The Morgan fingerprint density at radius 2 is 1.42 bits per heavy atom. The third-order valence-corrected chi connectivity index (χ3v) is 4.71. The highest BCUT2D eigenvalue weighted by Crippen LogP contribution is 2.14. The Morgan fingerprint density at radius 1 is 0.895 bits per heavy atom. The van der Waals surface area contributed by atoms with E-state index < -0.39 is 0 Å². The van der Waals surface area contributed by atoms with Gasteiger partial charge in [0.1, 0.15) is 12.6 Å². The van der Waals surface area contributed by atoms with Crippen molar-refractivity contribution in [1.29, 1.82) is 0 Å². The van der Waals surface area contributed by atoms with Crippen molar-refractivity contribution in [3.05, 3.63) is 0 Å². The normalized spacial score (nSPS) is 13.7. The van der Waals surface area contributed by atoms with Gasteiger partial charge in [0.25, 0.3) is 0 Å². The summed E-state index contributed by atoms with van der Waals surface area (Å²) in [6.07, 6.45) is 9.11. The number of alkyl halides is 1. The van der Waals surface area contributed by atoms with E-state index in [0.29, 0.717) is 5.88 Å². The largest absolute Gasteiger partial charge is 0.386 e. The summed E-state index contributed by atoms with van der Waals surface area (Å²) < 4.78 is 1.02. The summed E-state index contributed by atoms with van der Waals surface area (Å²) in [4.78, 5) is 0. The number of halogens is 1. The van der Waals surface area contributed by atoms with E-state index in [1.54, 1.807) is 0 Å². The number of unbranched alkanes of at least 4 members (excludes halogenated alkanes) is 6. The van der Waals surface area contributed by atoms with Gasteiger partial charge in [-0.3, -0.25) is 0 Å². The van der Waals surface area contributed by atoms with Crippen LogP contribution in [0.2, 0.25) is 0 Å². The summed E-state index contributed by atoms with van der Waals surface area (Å²) in [7, 11) is 0. The molecule has 0 amide bonds. The maximum atomic E-state index is 9.81. The van der Waals surface area contributed by atoms with E-state index in [4.69, 9.17) is 11.6 Å². The Balaban J connectivity index is 3.87. The van der Waals surface area contributed by atoms with Crippen molar-refractivity contribution in [2.45, 2.75) is 71.8 Å². The van der Waals surface area contributed by atoms with Crippen molar-refractivity contribution in [2.75, 3.05) is 32.1 Å². The standard InChI is InChI=1S/C16H35ClNO/c1-4-7-8-9-10-11-12-13-18(5-2,6-3)15-16(19)14-17/h16,19H,4-15H2,1-3H3/q+1. The number of hydrogen-bond donors (Lipinski definition) is 1. The molecule has 19 heavy (non-hydrogen) atoms. The fourth-order valence-electron chi connectivity index (χ4n) is 2.79. The summed E-state index contributed by atoms with van der Waals surface area (Å²) in [5, 5.41) is 9.81. The lowest BCUT2D eigenvalue weighted by Crippen LogP contribution is -2.52. The van der Waals surface area contributed by atoms with Gasteiger partial charge in [-0.05, 0) is 26.7 Å². The van der Waals surface area contributed by atoms with E-state index in [0.717, 1.165) is 24.1 Å². The van der Waals surface area contributed by atoms with Gasteiger partial charge in [0.2, 0.25) is 0 Å². The number of aliphatic hydroxyl groups is 1. The van der Waals surface area contributed by atoms with Gasteiger partial charge in [0.15, 0.2) is 0 Å². The van der Waals surface area contributed by atoms with Crippen LogP contribution in [0.3, 0.4) is 0 Å². The second-order valence-corrected chi connectivity index (χ2v) is 6.12. The van der Waals surface area contributed by atoms with Gasteiger partial charge < -0.3 is 9.59 Å². The molecule has 0 radical (unpaired) electrons. The lowest BCUT2D eigenvalue weighted by Gasteiger charge is -2.38. The van der Waals surface area contributed by atoms with Crippen LogP contribution in [-0.4, -0.2) is 47.8 Å². The van der Waals surface area contributed by atoms with E-state index in [1.165, 1.54) is 51.5 Å². The zero-order valence-electron chi connectivity index (χ0n) is 13.3. The third kappa shape index (κ3) is 8.88. The van der Waals surface area contributed by atoms with Crippen molar-refractivity contribution < 1.29 is 9.59 Å². The first-order valence-electron chi connectivity index (χ1n) is 8.23. The predicted octanol–water partition coefficient (Wildman–Crippen LogP) is 4.19. The van der Waals surface area contributed by atoms with Crippen LogP contribution >= 0.6 is 11.6 Å². The highest BCUT2D eigenvalue weighted by molar-refractivity contribution is 6.18. The predicted molar refractivity (Wildman–Crippen MR) is 85.8 cm³/mol. The van der Waals surface area contributed by atoms with Crippen molar-refractivity contribution in [2.24, 2.45) is 0 Å². The highest BCUT2D eigenvalue weighted by atomic mass is 35.5. The molecule has 0 rings (SSSR count). The zero-order chi connectivity index (χ0) is 14.6. The van der Waals surface area contributed by atoms with Crippen LogP contribution in [0, 0.1) is 0 Å². The molecule has 2 nitrogen and oxygen atoms in total. The summed E-state index contributed by atoms with van der Waals surface area (Å²) in [5.41, 5.74) is 0. The maximum absolute atomic E-state index is 9.81. The van der Waals surface area contributed by atoms with E-state index >= 15 is 0 Å². The molecule has 3 heteroatoms. The molecule has 0 heterocycles. The SMILES string of the molecule is CCCCCCCCC[N+](CC)(CC)CC(O)CCl. The van der Waals surface area contributed by atoms with Crippen molar-refractivity contribution in [3.8, 4) is 0 Å². The average molecular weight is 293 g/mol. The van der Waals surface area contributed by atoms with Crippen molar-refractivity contribution in [1.82, 2.24) is 0 Å². The highest BCUT2D eigenvalue weighted by Gasteiger charge is 2.25. The minimum Gasteiger partial charge on any atom is -0.386 e. The van der Waals surface area contributed by atoms with Gasteiger partial charge in [-0.2, -0.15) is 0 Å².